The molecule has 0 saturated carbocycles. The van der Waals surface area contributed by atoms with Crippen molar-refractivity contribution in [1.29, 1.82) is 0 Å². The van der Waals surface area contributed by atoms with Crippen molar-refractivity contribution in [2.75, 3.05) is 17.7 Å². The number of ether oxygens (including phenoxy) is 1. The van der Waals surface area contributed by atoms with E-state index >= 15 is 0 Å². The molecule has 2 amide bonds. The van der Waals surface area contributed by atoms with Crippen LogP contribution in [0, 0.1) is 0 Å². The molecule has 138 valence electrons. The minimum atomic E-state index is -0.282. The molecule has 7 heteroatoms. The van der Waals surface area contributed by atoms with Crippen LogP contribution >= 0.6 is 12.4 Å². The van der Waals surface area contributed by atoms with Crippen LogP contribution in [0.5, 0.6) is 5.75 Å². The summed E-state index contributed by atoms with van der Waals surface area (Å²) in [6, 6.07) is 13.0. The Balaban J connectivity index is 0.00000243. The molecular formula is C19H22ClN3O3. The smallest absolute Gasteiger partial charge is 0.241 e. The number of hydrogen-bond acceptors (Lipinski definition) is 4. The minimum Gasteiger partial charge on any atom is -0.494 e. The van der Waals surface area contributed by atoms with Gasteiger partial charge >= 0.3 is 0 Å². The van der Waals surface area contributed by atoms with Gasteiger partial charge in [0.1, 0.15) is 5.75 Å². The van der Waals surface area contributed by atoms with Crippen molar-refractivity contribution < 1.29 is 14.3 Å². The molecule has 6 nitrogen and oxygen atoms in total. The van der Waals surface area contributed by atoms with Crippen molar-refractivity contribution in [1.82, 2.24) is 5.32 Å². The summed E-state index contributed by atoms with van der Waals surface area (Å²) in [6.45, 7) is 2.11. The van der Waals surface area contributed by atoms with E-state index in [0.717, 1.165) is 0 Å². The van der Waals surface area contributed by atoms with Gasteiger partial charge in [0.2, 0.25) is 11.8 Å². The van der Waals surface area contributed by atoms with Gasteiger partial charge in [0, 0.05) is 25.2 Å². The number of benzene rings is 2. The van der Waals surface area contributed by atoms with Gasteiger partial charge in [0.05, 0.1) is 18.8 Å². The maximum Gasteiger partial charge on any atom is 0.241 e. The van der Waals surface area contributed by atoms with Crippen molar-refractivity contribution in [3.63, 3.8) is 0 Å². The number of carbonyl (C=O) groups excluding carboxylic acids is 2. The number of methoxy groups -OCH3 is 1. The van der Waals surface area contributed by atoms with Gasteiger partial charge in [-0.05, 0) is 29.7 Å². The molecule has 0 saturated heterocycles. The van der Waals surface area contributed by atoms with Gasteiger partial charge in [-0.25, -0.2) is 0 Å². The third kappa shape index (κ3) is 4.53. The molecule has 2 aromatic carbocycles. The van der Waals surface area contributed by atoms with Gasteiger partial charge in [-0.1, -0.05) is 24.3 Å². The second-order valence-corrected chi connectivity index (χ2v) is 5.99. The summed E-state index contributed by atoms with van der Waals surface area (Å²) in [5.74, 6) is 0.221. The van der Waals surface area contributed by atoms with Gasteiger partial charge in [0.15, 0.2) is 0 Å². The lowest BCUT2D eigenvalue weighted by Gasteiger charge is -2.25. The first-order chi connectivity index (χ1) is 12.1. The summed E-state index contributed by atoms with van der Waals surface area (Å²) >= 11 is 0. The Bertz CT molecular complexity index is 810. The maximum absolute atomic E-state index is 12.6. The third-order valence-corrected chi connectivity index (χ3v) is 4.18. The van der Waals surface area contributed by atoms with Crippen molar-refractivity contribution >= 4 is 35.6 Å². The Morgan fingerprint density at radius 1 is 1.12 bits per heavy atom. The number of hydrogen-bond donors (Lipinski definition) is 3. The van der Waals surface area contributed by atoms with E-state index in [9.17, 15) is 9.59 Å². The predicted molar refractivity (Wildman–Crippen MR) is 104 cm³/mol. The molecule has 0 aromatic heterocycles. The molecule has 26 heavy (non-hydrogen) atoms. The molecule has 0 bridgehead atoms. The lowest BCUT2D eigenvalue weighted by Crippen LogP contribution is -2.44. The van der Waals surface area contributed by atoms with Gasteiger partial charge in [-0.15, -0.1) is 12.4 Å². The molecule has 0 fully saturated rings. The number of anilines is 2. The van der Waals surface area contributed by atoms with E-state index in [4.69, 9.17) is 4.74 Å². The standard InChI is InChI=1S/C19H21N3O3.ClH/c1-12(23)21-16-8-7-15(10-18(16)25-2)22-19(24)17-9-13-5-3-4-6-14(13)11-20-17;/h3-8,10,17,20H,9,11H2,1-2H3,(H,21,23)(H,22,24);1H. The van der Waals surface area contributed by atoms with Gasteiger partial charge < -0.3 is 20.7 Å². The highest BCUT2D eigenvalue weighted by molar-refractivity contribution is 5.96. The summed E-state index contributed by atoms with van der Waals surface area (Å²) in [5, 5.41) is 8.85. The summed E-state index contributed by atoms with van der Waals surface area (Å²) in [5.41, 5.74) is 3.61. The van der Waals surface area contributed by atoms with E-state index in [-0.39, 0.29) is 30.3 Å². The Kier molecular flexibility index (Phi) is 6.60. The van der Waals surface area contributed by atoms with E-state index in [1.54, 1.807) is 18.2 Å². The molecule has 0 aliphatic carbocycles. The summed E-state index contributed by atoms with van der Waals surface area (Å²) in [6.07, 6.45) is 0.656. The number of amides is 2. The fourth-order valence-electron chi connectivity index (χ4n) is 2.93. The van der Waals surface area contributed by atoms with Crippen LogP contribution in [0.25, 0.3) is 0 Å². The van der Waals surface area contributed by atoms with Crippen LogP contribution in [0.2, 0.25) is 0 Å². The molecule has 1 aliphatic rings. The van der Waals surface area contributed by atoms with Crippen molar-refractivity contribution in [3.8, 4) is 5.75 Å². The molecule has 0 spiro atoms. The largest absolute Gasteiger partial charge is 0.494 e. The van der Waals surface area contributed by atoms with E-state index < -0.39 is 0 Å². The normalized spacial score (nSPS) is 15.2. The second-order valence-electron chi connectivity index (χ2n) is 5.99. The minimum absolute atomic E-state index is 0. The lowest BCUT2D eigenvalue weighted by atomic mass is 9.95. The lowest BCUT2D eigenvalue weighted by molar-refractivity contribution is -0.118. The SMILES string of the molecule is COc1cc(NC(=O)C2Cc3ccccc3CN2)ccc1NC(C)=O.Cl. The summed E-state index contributed by atoms with van der Waals surface area (Å²) < 4.78 is 5.28. The monoisotopic (exact) mass is 375 g/mol. The number of rotatable bonds is 4. The highest BCUT2D eigenvalue weighted by Gasteiger charge is 2.24. The average molecular weight is 376 g/mol. The molecule has 1 heterocycles. The van der Waals surface area contributed by atoms with Crippen LogP contribution in [0.1, 0.15) is 18.1 Å². The Morgan fingerprint density at radius 2 is 1.85 bits per heavy atom. The van der Waals surface area contributed by atoms with Crippen molar-refractivity contribution in [3.05, 3.63) is 53.6 Å². The molecule has 1 unspecified atom stereocenters. The quantitative estimate of drug-likeness (QED) is 0.767. The van der Waals surface area contributed by atoms with Crippen LogP contribution in [0.3, 0.4) is 0 Å². The van der Waals surface area contributed by atoms with Crippen molar-refractivity contribution in [2.24, 2.45) is 0 Å². The van der Waals surface area contributed by atoms with E-state index in [1.807, 2.05) is 12.1 Å². The van der Waals surface area contributed by atoms with Crippen LogP contribution in [0.4, 0.5) is 11.4 Å². The fourth-order valence-corrected chi connectivity index (χ4v) is 2.93. The Labute approximate surface area is 158 Å². The first kappa shape index (κ1) is 19.8. The van der Waals surface area contributed by atoms with Gasteiger partial charge in [-0.3, -0.25) is 9.59 Å². The second kappa shape index (κ2) is 8.69. The van der Waals surface area contributed by atoms with Crippen LogP contribution in [0.15, 0.2) is 42.5 Å². The molecular weight excluding hydrogens is 354 g/mol. The zero-order chi connectivity index (χ0) is 17.8. The number of carbonyl (C=O) groups is 2. The third-order valence-electron chi connectivity index (χ3n) is 4.18. The zero-order valence-corrected chi connectivity index (χ0v) is 15.5. The van der Waals surface area contributed by atoms with E-state index in [2.05, 4.69) is 28.1 Å². The fraction of sp³-hybridized carbons (Fsp3) is 0.263. The Morgan fingerprint density at radius 3 is 2.54 bits per heavy atom. The highest BCUT2D eigenvalue weighted by atomic mass is 35.5. The van der Waals surface area contributed by atoms with Crippen LogP contribution in [-0.2, 0) is 22.6 Å². The maximum atomic E-state index is 12.6. The summed E-state index contributed by atoms with van der Waals surface area (Å²) in [4.78, 5) is 23.8. The van der Waals surface area contributed by atoms with Gasteiger partial charge in [0.25, 0.3) is 0 Å². The highest BCUT2D eigenvalue weighted by Crippen LogP contribution is 2.28. The molecule has 1 atom stereocenters. The molecule has 0 radical (unpaired) electrons. The van der Waals surface area contributed by atoms with Crippen molar-refractivity contribution in [2.45, 2.75) is 25.9 Å². The molecule has 1 aliphatic heterocycles. The number of nitrogens with one attached hydrogen (secondary N) is 3. The first-order valence-corrected chi connectivity index (χ1v) is 8.13. The zero-order valence-electron chi connectivity index (χ0n) is 14.7. The Hall–Kier alpha value is -2.57. The first-order valence-electron chi connectivity index (χ1n) is 8.13. The summed E-state index contributed by atoms with van der Waals surface area (Å²) in [7, 11) is 1.52. The molecule has 3 rings (SSSR count). The van der Waals surface area contributed by atoms with E-state index in [1.165, 1.54) is 25.2 Å². The predicted octanol–water partition coefficient (Wildman–Crippen LogP) is 2.73. The van der Waals surface area contributed by atoms with Gasteiger partial charge in [-0.2, -0.15) is 0 Å². The van der Waals surface area contributed by atoms with E-state index in [0.29, 0.717) is 30.1 Å². The molecule has 3 N–H and O–H groups in total. The van der Waals surface area contributed by atoms with Crippen LogP contribution in [-0.4, -0.2) is 25.0 Å². The average Bonchev–Trinajstić information content (AvgIpc) is 2.62. The van der Waals surface area contributed by atoms with Crippen LogP contribution < -0.4 is 20.7 Å². The topological polar surface area (TPSA) is 79.5 Å². The molecule has 2 aromatic rings. The number of fused-ring (bicyclic) bond motifs is 1. The number of halogens is 1.